The van der Waals surface area contributed by atoms with Crippen LogP contribution in [0.1, 0.15) is 47.1 Å². The Labute approximate surface area is 238 Å². The van der Waals surface area contributed by atoms with Gasteiger partial charge in [-0.05, 0) is 29.8 Å². The predicted molar refractivity (Wildman–Crippen MR) is 143 cm³/mol. The minimum Gasteiger partial charge on any atom is -0.467 e. The van der Waals surface area contributed by atoms with Gasteiger partial charge in [-0.15, -0.1) is 0 Å². The molecule has 1 aromatic carbocycles. The number of nitro benzene ring substituents is 1. The molecular weight excluding hydrogens is 562 g/mol. The molecule has 5 unspecified atom stereocenters. The summed E-state index contributed by atoms with van der Waals surface area (Å²) in [5.41, 5.74) is 0.0439. The van der Waals surface area contributed by atoms with Crippen LogP contribution in [0.2, 0.25) is 18.1 Å². The fourth-order valence-electron chi connectivity index (χ4n) is 3.68. The predicted octanol–water partition coefficient (Wildman–Crippen LogP) is 3.19. The summed E-state index contributed by atoms with van der Waals surface area (Å²) >= 11 is 0. The Morgan fingerprint density at radius 3 is 1.98 bits per heavy atom. The molecule has 41 heavy (non-hydrogen) atoms. The van der Waals surface area contributed by atoms with E-state index in [0.717, 1.165) is 27.9 Å². The van der Waals surface area contributed by atoms with Gasteiger partial charge in [0.15, 0.2) is 32.4 Å². The lowest BCUT2D eigenvalue weighted by Crippen LogP contribution is -2.64. The van der Waals surface area contributed by atoms with Crippen molar-refractivity contribution in [2.45, 2.75) is 97.0 Å². The van der Waals surface area contributed by atoms with Crippen LogP contribution >= 0.6 is 0 Å². The summed E-state index contributed by atoms with van der Waals surface area (Å²) in [6.07, 6.45) is -8.24. The maximum absolute atomic E-state index is 12.6. The second-order valence-corrected chi connectivity index (χ2v) is 15.7. The van der Waals surface area contributed by atoms with Crippen molar-refractivity contribution >= 4 is 37.9 Å². The molecule has 0 spiro atoms. The van der Waals surface area contributed by atoms with Crippen molar-refractivity contribution in [3.8, 4) is 5.75 Å². The molecular formula is C26H37NO13Si. The Balaban J connectivity index is 2.52. The van der Waals surface area contributed by atoms with E-state index in [1.807, 2.05) is 0 Å². The molecule has 15 heteroatoms. The molecule has 228 valence electrons. The number of hydrogen-bond acceptors (Lipinski definition) is 13. The first-order valence-corrected chi connectivity index (χ1v) is 15.6. The molecule has 0 aromatic heterocycles. The smallest absolute Gasteiger partial charge is 0.339 e. The summed E-state index contributed by atoms with van der Waals surface area (Å²) in [4.78, 5) is 59.7. The number of carbonyl (C=O) groups is 4. The van der Waals surface area contributed by atoms with Crippen molar-refractivity contribution in [3.05, 3.63) is 33.9 Å². The summed E-state index contributed by atoms with van der Waals surface area (Å²) < 4.78 is 38.2. The highest BCUT2D eigenvalue weighted by Gasteiger charge is 2.56. The van der Waals surface area contributed by atoms with Gasteiger partial charge >= 0.3 is 29.6 Å². The van der Waals surface area contributed by atoms with Crippen LogP contribution in [0.4, 0.5) is 5.69 Å². The summed E-state index contributed by atoms with van der Waals surface area (Å²) in [7, 11) is -1.12. The number of nitrogens with zero attached hydrogens (tertiary/aromatic N) is 1. The van der Waals surface area contributed by atoms with Crippen LogP contribution in [0.5, 0.6) is 5.75 Å². The largest absolute Gasteiger partial charge is 0.467 e. The lowest BCUT2D eigenvalue weighted by Gasteiger charge is -2.43. The SMILES string of the molecule is COC(=O)C1OC(Oc2ccc(CO[Si](C)(C)C(C)(C)C)cc2[N+](=O)[O-])C(OC(C)=O)C(OC(C)=O)C1OC(C)=O. The average Bonchev–Trinajstić information content (AvgIpc) is 2.84. The van der Waals surface area contributed by atoms with E-state index in [2.05, 4.69) is 33.9 Å². The second-order valence-electron chi connectivity index (χ2n) is 10.9. The molecule has 0 bridgehead atoms. The monoisotopic (exact) mass is 599 g/mol. The normalized spacial score (nSPS) is 22.7. The number of ether oxygens (including phenoxy) is 6. The molecule has 1 fully saturated rings. The van der Waals surface area contributed by atoms with Crippen LogP contribution in [0.3, 0.4) is 0 Å². The minimum absolute atomic E-state index is 0.0787. The zero-order valence-corrected chi connectivity index (χ0v) is 25.6. The van der Waals surface area contributed by atoms with Crippen molar-refractivity contribution in [2.75, 3.05) is 7.11 Å². The molecule has 5 atom stereocenters. The molecule has 1 saturated heterocycles. The number of methoxy groups -OCH3 is 1. The molecule has 2 rings (SSSR count). The summed E-state index contributed by atoms with van der Waals surface area (Å²) in [5, 5.41) is 11.9. The fourth-order valence-corrected chi connectivity index (χ4v) is 4.64. The van der Waals surface area contributed by atoms with Crippen molar-refractivity contribution in [2.24, 2.45) is 0 Å². The summed E-state index contributed by atoms with van der Waals surface area (Å²) in [5.74, 6) is -3.93. The first-order valence-electron chi connectivity index (χ1n) is 12.7. The van der Waals surface area contributed by atoms with E-state index in [9.17, 15) is 29.3 Å². The zero-order valence-electron chi connectivity index (χ0n) is 24.6. The third kappa shape index (κ3) is 8.71. The van der Waals surface area contributed by atoms with Crippen LogP contribution in [-0.4, -0.2) is 74.9 Å². The number of hydrogen-bond donors (Lipinski definition) is 0. The Morgan fingerprint density at radius 1 is 0.951 bits per heavy atom. The van der Waals surface area contributed by atoms with Gasteiger partial charge in [0, 0.05) is 26.8 Å². The minimum atomic E-state index is -2.16. The topological polar surface area (TPSA) is 176 Å². The molecule has 1 aliphatic rings. The highest BCUT2D eigenvalue weighted by Crippen LogP contribution is 2.38. The van der Waals surface area contributed by atoms with Gasteiger partial charge in [0.2, 0.25) is 12.4 Å². The highest BCUT2D eigenvalue weighted by atomic mass is 28.4. The van der Waals surface area contributed by atoms with Crippen LogP contribution in [0, 0.1) is 10.1 Å². The first-order chi connectivity index (χ1) is 18.9. The summed E-state index contributed by atoms with van der Waals surface area (Å²) in [6.45, 7) is 13.6. The van der Waals surface area contributed by atoms with Crippen molar-refractivity contribution < 1.29 is 56.9 Å². The van der Waals surface area contributed by atoms with E-state index in [1.165, 1.54) is 12.1 Å². The Morgan fingerprint density at radius 2 is 1.49 bits per heavy atom. The molecule has 1 aliphatic heterocycles. The lowest BCUT2D eigenvalue weighted by molar-refractivity contribution is -0.387. The van der Waals surface area contributed by atoms with Gasteiger partial charge in [-0.3, -0.25) is 24.5 Å². The van der Waals surface area contributed by atoms with Crippen LogP contribution in [0.25, 0.3) is 0 Å². The van der Waals surface area contributed by atoms with E-state index >= 15 is 0 Å². The molecule has 0 saturated carbocycles. The number of esters is 4. The third-order valence-electron chi connectivity index (χ3n) is 6.70. The molecule has 0 N–H and O–H groups in total. The average molecular weight is 600 g/mol. The molecule has 0 radical (unpaired) electrons. The van der Waals surface area contributed by atoms with Gasteiger partial charge in [-0.2, -0.15) is 0 Å². The number of carbonyl (C=O) groups excluding carboxylic acids is 4. The van der Waals surface area contributed by atoms with Crippen LogP contribution < -0.4 is 4.74 Å². The zero-order chi connectivity index (χ0) is 31.3. The fraction of sp³-hybridized carbons (Fsp3) is 0.615. The molecule has 1 heterocycles. The highest BCUT2D eigenvalue weighted by molar-refractivity contribution is 6.74. The third-order valence-corrected chi connectivity index (χ3v) is 11.2. The van der Waals surface area contributed by atoms with Gasteiger partial charge in [0.05, 0.1) is 18.6 Å². The van der Waals surface area contributed by atoms with E-state index in [1.54, 1.807) is 6.07 Å². The second kappa shape index (κ2) is 13.4. The van der Waals surface area contributed by atoms with E-state index in [-0.39, 0.29) is 17.4 Å². The van der Waals surface area contributed by atoms with Crippen molar-refractivity contribution in [1.82, 2.24) is 0 Å². The number of nitro groups is 1. The van der Waals surface area contributed by atoms with Gasteiger partial charge in [-0.1, -0.05) is 26.8 Å². The Kier molecular flexibility index (Phi) is 11.0. The van der Waals surface area contributed by atoms with Crippen molar-refractivity contribution in [3.63, 3.8) is 0 Å². The molecule has 1 aromatic rings. The standard InChI is InChI=1S/C26H37NO13Si/c1-14(28)36-20-21(37-15(2)29)23(38-16(3)30)25(40-22(20)24(31)34-7)39-19-11-10-17(12-18(19)27(32)33)13-35-41(8,9)26(4,5)6/h10-12,20-23,25H,13H2,1-9H3. The first kappa shape index (κ1) is 33.6. The van der Waals surface area contributed by atoms with Crippen molar-refractivity contribution in [1.29, 1.82) is 0 Å². The van der Waals surface area contributed by atoms with Gasteiger partial charge < -0.3 is 32.8 Å². The number of rotatable bonds is 10. The molecule has 14 nitrogen and oxygen atoms in total. The molecule has 0 amide bonds. The maximum atomic E-state index is 12.6. The Bertz CT molecular complexity index is 1160. The number of benzene rings is 1. The quantitative estimate of drug-likeness (QED) is 0.126. The van der Waals surface area contributed by atoms with E-state index in [0.29, 0.717) is 5.56 Å². The lowest BCUT2D eigenvalue weighted by atomic mass is 9.97. The van der Waals surface area contributed by atoms with Crippen LogP contribution in [0.15, 0.2) is 18.2 Å². The van der Waals surface area contributed by atoms with Gasteiger partial charge in [0.1, 0.15) is 0 Å². The van der Waals surface area contributed by atoms with Crippen LogP contribution in [-0.2, 0) is 53.9 Å². The Hall–Kier alpha value is -3.56. The summed E-state index contributed by atoms with van der Waals surface area (Å²) in [6, 6.07) is 4.14. The maximum Gasteiger partial charge on any atom is 0.339 e. The van der Waals surface area contributed by atoms with E-state index in [4.69, 9.17) is 32.8 Å². The van der Waals surface area contributed by atoms with E-state index < -0.39 is 73.5 Å². The van der Waals surface area contributed by atoms with Gasteiger partial charge in [0.25, 0.3) is 0 Å². The van der Waals surface area contributed by atoms with Gasteiger partial charge in [-0.25, -0.2) is 4.79 Å². The molecule has 0 aliphatic carbocycles.